The van der Waals surface area contributed by atoms with Crippen LogP contribution in [0.4, 0.5) is 0 Å². The Morgan fingerprint density at radius 3 is 2.75 bits per heavy atom. The zero-order chi connectivity index (χ0) is 14.2. The van der Waals surface area contributed by atoms with Gasteiger partial charge in [0.05, 0.1) is 13.2 Å². The first-order chi connectivity index (χ1) is 9.85. The molecule has 1 saturated heterocycles. The van der Waals surface area contributed by atoms with Gasteiger partial charge in [-0.25, -0.2) is 0 Å². The van der Waals surface area contributed by atoms with E-state index in [4.69, 9.17) is 9.47 Å². The van der Waals surface area contributed by atoms with Crippen molar-refractivity contribution >= 4 is 0 Å². The van der Waals surface area contributed by atoms with Crippen LogP contribution in [0.5, 0.6) is 0 Å². The summed E-state index contributed by atoms with van der Waals surface area (Å²) in [6, 6.07) is 1.48. The molecule has 0 aromatic heterocycles. The first-order valence-corrected chi connectivity index (χ1v) is 8.39. The molecule has 1 aliphatic carbocycles. The molecule has 0 amide bonds. The van der Waals surface area contributed by atoms with Crippen molar-refractivity contribution in [3.63, 3.8) is 0 Å². The van der Waals surface area contributed by atoms with Crippen LogP contribution in [0, 0.1) is 5.92 Å². The quantitative estimate of drug-likeness (QED) is 0.621. The number of ether oxygens (including phenoxy) is 2. The highest BCUT2D eigenvalue weighted by Crippen LogP contribution is 2.36. The Morgan fingerprint density at radius 1 is 1.20 bits per heavy atom. The van der Waals surface area contributed by atoms with E-state index in [9.17, 15) is 0 Å². The number of hydrogen-bond donors (Lipinski definition) is 1. The van der Waals surface area contributed by atoms with E-state index in [0.717, 1.165) is 31.6 Å². The van der Waals surface area contributed by atoms with Crippen molar-refractivity contribution in [1.29, 1.82) is 0 Å². The van der Waals surface area contributed by atoms with Gasteiger partial charge in [0.15, 0.2) is 0 Å². The van der Waals surface area contributed by atoms with Crippen molar-refractivity contribution in [3.8, 4) is 0 Å². The van der Waals surface area contributed by atoms with Crippen molar-refractivity contribution in [3.05, 3.63) is 0 Å². The van der Waals surface area contributed by atoms with E-state index in [1.54, 1.807) is 7.11 Å². The van der Waals surface area contributed by atoms with Crippen LogP contribution in [0.25, 0.3) is 0 Å². The maximum atomic E-state index is 5.58. The minimum atomic E-state index is 0.699. The van der Waals surface area contributed by atoms with E-state index >= 15 is 0 Å². The average Bonchev–Trinajstić information content (AvgIpc) is 3.28. The van der Waals surface area contributed by atoms with Gasteiger partial charge in [0.2, 0.25) is 0 Å². The molecule has 118 valence electrons. The van der Waals surface area contributed by atoms with Crippen molar-refractivity contribution in [2.24, 2.45) is 5.92 Å². The molecule has 0 radical (unpaired) electrons. The molecule has 1 aliphatic heterocycles. The molecule has 2 unspecified atom stereocenters. The lowest BCUT2D eigenvalue weighted by molar-refractivity contribution is 0.0550. The molecule has 2 fully saturated rings. The lowest BCUT2D eigenvalue weighted by atomic mass is 10.0. The van der Waals surface area contributed by atoms with Gasteiger partial charge in [-0.1, -0.05) is 13.3 Å². The molecule has 0 bridgehead atoms. The zero-order valence-electron chi connectivity index (χ0n) is 13.3. The summed E-state index contributed by atoms with van der Waals surface area (Å²) in [7, 11) is 1.72. The first-order valence-electron chi connectivity index (χ1n) is 8.39. The summed E-state index contributed by atoms with van der Waals surface area (Å²) < 4.78 is 10.6. The molecule has 1 N–H and O–H groups in total. The average molecular weight is 284 g/mol. The van der Waals surface area contributed by atoms with E-state index in [0.29, 0.717) is 12.6 Å². The van der Waals surface area contributed by atoms with Crippen LogP contribution >= 0.6 is 0 Å². The molecular formula is C16H32N2O2. The summed E-state index contributed by atoms with van der Waals surface area (Å²) in [5.41, 5.74) is 0. The first kappa shape index (κ1) is 16.2. The molecule has 2 atom stereocenters. The third-order valence-corrected chi connectivity index (χ3v) is 4.51. The molecule has 20 heavy (non-hydrogen) atoms. The molecule has 2 rings (SSSR count). The van der Waals surface area contributed by atoms with Gasteiger partial charge in [0.25, 0.3) is 0 Å². The predicted molar refractivity (Wildman–Crippen MR) is 82.1 cm³/mol. The van der Waals surface area contributed by atoms with Crippen LogP contribution in [-0.4, -0.2) is 63.5 Å². The molecule has 0 aromatic carbocycles. The number of nitrogens with zero attached hydrogens (tertiary/aromatic N) is 1. The summed E-state index contributed by atoms with van der Waals surface area (Å²) in [6.45, 7) is 8.19. The highest BCUT2D eigenvalue weighted by Gasteiger charge is 2.38. The fourth-order valence-corrected chi connectivity index (χ4v) is 3.26. The van der Waals surface area contributed by atoms with Gasteiger partial charge in [0.1, 0.15) is 0 Å². The third-order valence-electron chi connectivity index (χ3n) is 4.51. The topological polar surface area (TPSA) is 33.7 Å². The molecule has 0 aromatic rings. The second kappa shape index (κ2) is 8.98. The second-order valence-electron chi connectivity index (χ2n) is 6.25. The van der Waals surface area contributed by atoms with Crippen LogP contribution in [0.2, 0.25) is 0 Å². The predicted octanol–water partition coefficient (Wildman–Crippen LogP) is 1.89. The zero-order valence-corrected chi connectivity index (χ0v) is 13.3. The Kier molecular flexibility index (Phi) is 7.28. The number of methoxy groups -OCH3 is 1. The summed E-state index contributed by atoms with van der Waals surface area (Å²) >= 11 is 0. The highest BCUT2D eigenvalue weighted by atomic mass is 16.5. The Labute approximate surface area is 124 Å². The van der Waals surface area contributed by atoms with Crippen LogP contribution < -0.4 is 5.32 Å². The van der Waals surface area contributed by atoms with E-state index in [1.807, 2.05) is 0 Å². The number of hydrogen-bond acceptors (Lipinski definition) is 4. The molecule has 1 heterocycles. The molecule has 0 spiro atoms. The maximum Gasteiger partial charge on any atom is 0.0700 e. The largest absolute Gasteiger partial charge is 0.382 e. The Hall–Kier alpha value is -0.160. The summed E-state index contributed by atoms with van der Waals surface area (Å²) in [5.74, 6) is 0.958. The monoisotopic (exact) mass is 284 g/mol. The smallest absolute Gasteiger partial charge is 0.0700 e. The minimum Gasteiger partial charge on any atom is -0.382 e. The van der Waals surface area contributed by atoms with Crippen LogP contribution in [0.15, 0.2) is 0 Å². The minimum absolute atomic E-state index is 0.699. The van der Waals surface area contributed by atoms with Gasteiger partial charge < -0.3 is 14.8 Å². The number of rotatable bonds is 10. The third kappa shape index (κ3) is 5.32. The molecule has 1 saturated carbocycles. The second-order valence-corrected chi connectivity index (χ2v) is 6.25. The Morgan fingerprint density at radius 2 is 2.05 bits per heavy atom. The number of nitrogens with one attached hydrogen (secondary N) is 1. The van der Waals surface area contributed by atoms with Crippen molar-refractivity contribution in [2.75, 3.05) is 46.6 Å². The van der Waals surface area contributed by atoms with E-state index < -0.39 is 0 Å². The van der Waals surface area contributed by atoms with Gasteiger partial charge in [-0.2, -0.15) is 0 Å². The highest BCUT2D eigenvalue weighted by molar-refractivity contribution is 4.94. The molecule has 4 nitrogen and oxygen atoms in total. The van der Waals surface area contributed by atoms with E-state index in [1.165, 1.54) is 45.3 Å². The van der Waals surface area contributed by atoms with E-state index in [-0.39, 0.29) is 0 Å². The summed E-state index contributed by atoms with van der Waals surface area (Å²) in [6.07, 6.45) is 6.60. The molecule has 2 aliphatic rings. The normalized spacial score (nSPS) is 27.9. The standard InChI is InChI=1S/C16H32N2O2/c1-3-5-15-13-18(8-4-9-20-11-10-19-2)16(12-17-15)14-6-7-14/h14-17H,3-13H2,1-2H3. The lowest BCUT2D eigenvalue weighted by Crippen LogP contribution is -2.57. The molecular weight excluding hydrogens is 252 g/mol. The maximum absolute atomic E-state index is 5.58. The number of piperazine rings is 1. The fraction of sp³-hybridized carbons (Fsp3) is 1.00. The lowest BCUT2D eigenvalue weighted by Gasteiger charge is -2.41. The molecule has 4 heteroatoms. The Balaban J connectivity index is 1.67. The summed E-state index contributed by atoms with van der Waals surface area (Å²) in [4.78, 5) is 2.73. The Bertz CT molecular complexity index is 259. The van der Waals surface area contributed by atoms with Gasteiger partial charge in [-0.05, 0) is 31.6 Å². The van der Waals surface area contributed by atoms with Gasteiger partial charge in [-0.15, -0.1) is 0 Å². The van der Waals surface area contributed by atoms with Crippen molar-refractivity contribution in [1.82, 2.24) is 10.2 Å². The van der Waals surface area contributed by atoms with E-state index in [2.05, 4.69) is 17.1 Å². The van der Waals surface area contributed by atoms with Crippen LogP contribution in [-0.2, 0) is 9.47 Å². The SMILES string of the molecule is CCCC1CN(CCCOCCOC)C(C2CC2)CN1. The van der Waals surface area contributed by atoms with Crippen LogP contribution in [0.1, 0.15) is 39.0 Å². The van der Waals surface area contributed by atoms with Crippen molar-refractivity contribution in [2.45, 2.75) is 51.1 Å². The van der Waals surface area contributed by atoms with Gasteiger partial charge >= 0.3 is 0 Å². The van der Waals surface area contributed by atoms with Gasteiger partial charge in [-0.3, -0.25) is 4.90 Å². The van der Waals surface area contributed by atoms with Crippen molar-refractivity contribution < 1.29 is 9.47 Å². The fourth-order valence-electron chi connectivity index (χ4n) is 3.26. The van der Waals surface area contributed by atoms with Crippen LogP contribution in [0.3, 0.4) is 0 Å². The van der Waals surface area contributed by atoms with Gasteiger partial charge in [0, 0.05) is 45.4 Å². The summed E-state index contributed by atoms with van der Waals surface area (Å²) in [5, 5.41) is 3.75.